The highest BCUT2D eigenvalue weighted by Gasteiger charge is 2.27. The average Bonchev–Trinajstić information content (AvgIpc) is 2.70. The Kier molecular flexibility index (Phi) is 6.48. The number of benzene rings is 2. The van der Waals surface area contributed by atoms with Gasteiger partial charge >= 0.3 is 6.03 Å². The van der Waals surface area contributed by atoms with Crippen LogP contribution in [0.5, 0.6) is 11.5 Å². The first-order valence-corrected chi connectivity index (χ1v) is 9.40. The largest absolute Gasteiger partial charge is 0.495 e. The van der Waals surface area contributed by atoms with Gasteiger partial charge in [-0.3, -0.25) is 25.0 Å². The van der Waals surface area contributed by atoms with E-state index in [1.165, 1.54) is 13.2 Å². The van der Waals surface area contributed by atoms with Crippen molar-refractivity contribution in [1.29, 1.82) is 0 Å². The van der Waals surface area contributed by atoms with Crippen molar-refractivity contribution in [2.45, 2.75) is 0 Å². The first-order valence-electron chi connectivity index (χ1n) is 8.61. The van der Waals surface area contributed by atoms with E-state index in [-0.39, 0.29) is 18.1 Å². The van der Waals surface area contributed by atoms with Crippen molar-refractivity contribution in [2.75, 3.05) is 19.0 Å². The molecule has 0 spiro atoms. The van der Waals surface area contributed by atoms with E-state index in [0.717, 1.165) is 0 Å². The van der Waals surface area contributed by atoms with Crippen LogP contribution in [0.2, 0.25) is 0 Å². The standard InChI is InChI=1S/C20H16BrN3O6/c1-29-16-5-3-2-4-14(16)22-17(25)10-30-15-7-6-11(9-13(15)21)8-12-18(26)23-20(28)24-19(12)27/h2-9H,10H2,1H3,(H,22,25)(H2,23,24,26,27,28). The molecule has 1 fully saturated rings. The van der Waals surface area contributed by atoms with Crippen LogP contribution >= 0.6 is 15.9 Å². The van der Waals surface area contributed by atoms with Gasteiger partial charge in [-0.25, -0.2) is 4.79 Å². The number of urea groups is 1. The zero-order valence-electron chi connectivity index (χ0n) is 15.7. The molecule has 0 radical (unpaired) electrons. The van der Waals surface area contributed by atoms with Crippen LogP contribution < -0.4 is 25.4 Å². The Morgan fingerprint density at radius 1 is 1.07 bits per heavy atom. The van der Waals surface area contributed by atoms with Gasteiger partial charge in [-0.05, 0) is 51.8 Å². The minimum Gasteiger partial charge on any atom is -0.495 e. The number of halogens is 1. The van der Waals surface area contributed by atoms with Gasteiger partial charge in [-0.2, -0.15) is 0 Å². The van der Waals surface area contributed by atoms with Gasteiger partial charge in [-0.1, -0.05) is 18.2 Å². The number of para-hydroxylation sites is 2. The number of methoxy groups -OCH3 is 1. The Bertz CT molecular complexity index is 1040. The molecule has 3 N–H and O–H groups in total. The Morgan fingerprint density at radius 2 is 1.77 bits per heavy atom. The maximum atomic E-state index is 12.2. The van der Waals surface area contributed by atoms with Gasteiger partial charge in [0.2, 0.25) is 0 Å². The second-order valence-corrected chi connectivity index (χ2v) is 6.88. The molecule has 30 heavy (non-hydrogen) atoms. The molecule has 10 heteroatoms. The molecular weight excluding hydrogens is 458 g/mol. The van der Waals surface area contributed by atoms with Gasteiger partial charge in [0.05, 0.1) is 17.3 Å². The molecule has 9 nitrogen and oxygen atoms in total. The molecule has 0 aliphatic carbocycles. The average molecular weight is 474 g/mol. The lowest BCUT2D eigenvalue weighted by molar-refractivity contribution is -0.124. The number of anilines is 1. The Morgan fingerprint density at radius 3 is 2.43 bits per heavy atom. The third kappa shape index (κ3) is 5.03. The van der Waals surface area contributed by atoms with Crippen molar-refractivity contribution >= 4 is 51.4 Å². The second kappa shape index (κ2) is 9.23. The molecule has 5 amide bonds. The number of ether oxygens (including phenoxy) is 2. The maximum absolute atomic E-state index is 12.2. The van der Waals surface area contributed by atoms with Crippen LogP contribution in [0, 0.1) is 0 Å². The summed E-state index contributed by atoms with van der Waals surface area (Å²) >= 11 is 3.33. The van der Waals surface area contributed by atoms with Crippen LogP contribution in [0.25, 0.3) is 6.08 Å². The van der Waals surface area contributed by atoms with Gasteiger partial charge in [0.1, 0.15) is 17.1 Å². The number of carbonyl (C=O) groups excluding carboxylic acids is 4. The van der Waals surface area contributed by atoms with E-state index in [2.05, 4.69) is 21.2 Å². The summed E-state index contributed by atoms with van der Waals surface area (Å²) in [5.74, 6) is -1.03. The molecule has 0 saturated carbocycles. The number of barbiturate groups is 1. The van der Waals surface area contributed by atoms with E-state index in [1.807, 2.05) is 10.6 Å². The third-order valence-electron chi connectivity index (χ3n) is 3.95. The van der Waals surface area contributed by atoms with Crippen LogP contribution in [0.4, 0.5) is 10.5 Å². The molecule has 0 atom stereocenters. The molecule has 1 heterocycles. The van der Waals surface area contributed by atoms with Crippen molar-refractivity contribution in [1.82, 2.24) is 10.6 Å². The zero-order valence-corrected chi connectivity index (χ0v) is 17.2. The van der Waals surface area contributed by atoms with E-state index in [9.17, 15) is 19.2 Å². The van der Waals surface area contributed by atoms with Crippen LogP contribution in [0.1, 0.15) is 5.56 Å². The van der Waals surface area contributed by atoms with Gasteiger partial charge in [-0.15, -0.1) is 0 Å². The topological polar surface area (TPSA) is 123 Å². The van der Waals surface area contributed by atoms with E-state index < -0.39 is 17.8 Å². The van der Waals surface area contributed by atoms with Gasteiger partial charge < -0.3 is 14.8 Å². The van der Waals surface area contributed by atoms with E-state index in [0.29, 0.717) is 27.2 Å². The molecule has 3 rings (SSSR count). The summed E-state index contributed by atoms with van der Waals surface area (Å²) in [5.41, 5.74) is 0.839. The molecule has 0 bridgehead atoms. The van der Waals surface area contributed by atoms with Crippen LogP contribution in [-0.2, 0) is 14.4 Å². The molecule has 154 valence electrons. The number of hydrogen-bond donors (Lipinski definition) is 3. The molecule has 0 aromatic heterocycles. The van der Waals surface area contributed by atoms with Crippen LogP contribution in [0.3, 0.4) is 0 Å². The first-order chi connectivity index (χ1) is 14.4. The molecule has 1 saturated heterocycles. The Labute approximate surface area is 179 Å². The normalized spacial score (nSPS) is 13.3. The lowest BCUT2D eigenvalue weighted by Gasteiger charge is -2.14. The lowest BCUT2D eigenvalue weighted by Crippen LogP contribution is -2.51. The molecule has 0 unspecified atom stereocenters. The van der Waals surface area contributed by atoms with Gasteiger partial charge in [0, 0.05) is 0 Å². The molecule has 1 aliphatic rings. The van der Waals surface area contributed by atoms with E-state index >= 15 is 0 Å². The summed E-state index contributed by atoms with van der Waals surface area (Å²) in [6.07, 6.45) is 1.33. The van der Waals surface area contributed by atoms with Crippen molar-refractivity contribution in [3.8, 4) is 11.5 Å². The molecule has 2 aromatic carbocycles. The molecule has 2 aromatic rings. The van der Waals surface area contributed by atoms with Crippen molar-refractivity contribution in [2.24, 2.45) is 0 Å². The predicted molar refractivity (Wildman–Crippen MR) is 111 cm³/mol. The number of rotatable bonds is 6. The number of amides is 5. The maximum Gasteiger partial charge on any atom is 0.328 e. The Balaban J connectivity index is 1.65. The highest BCUT2D eigenvalue weighted by molar-refractivity contribution is 9.10. The zero-order chi connectivity index (χ0) is 21.7. The first kappa shape index (κ1) is 21.1. The fourth-order valence-electron chi connectivity index (χ4n) is 2.57. The fourth-order valence-corrected chi connectivity index (χ4v) is 3.09. The van der Waals surface area contributed by atoms with Crippen LogP contribution in [0.15, 0.2) is 52.5 Å². The summed E-state index contributed by atoms with van der Waals surface area (Å²) in [6, 6.07) is 10.9. The minimum atomic E-state index is -0.863. The second-order valence-electron chi connectivity index (χ2n) is 6.02. The van der Waals surface area contributed by atoms with Crippen molar-refractivity contribution in [3.63, 3.8) is 0 Å². The molecular formula is C20H16BrN3O6. The Hall–Kier alpha value is -3.66. The fraction of sp³-hybridized carbons (Fsp3) is 0.100. The predicted octanol–water partition coefficient (Wildman–Crippen LogP) is 2.22. The summed E-state index contributed by atoms with van der Waals surface area (Å²) in [5, 5.41) is 6.70. The van der Waals surface area contributed by atoms with Crippen LogP contribution in [-0.4, -0.2) is 37.5 Å². The summed E-state index contributed by atoms with van der Waals surface area (Å²) in [4.78, 5) is 46.9. The third-order valence-corrected chi connectivity index (χ3v) is 4.57. The quantitative estimate of drug-likeness (QED) is 0.436. The number of nitrogens with one attached hydrogen (secondary N) is 3. The highest BCUT2D eigenvalue weighted by Crippen LogP contribution is 2.27. The van der Waals surface area contributed by atoms with Gasteiger partial charge in [0.25, 0.3) is 17.7 Å². The van der Waals surface area contributed by atoms with E-state index in [4.69, 9.17) is 9.47 Å². The smallest absolute Gasteiger partial charge is 0.328 e. The lowest BCUT2D eigenvalue weighted by atomic mass is 10.1. The SMILES string of the molecule is COc1ccccc1NC(=O)COc1ccc(C=C2C(=O)NC(=O)NC2=O)cc1Br. The van der Waals surface area contributed by atoms with Gasteiger partial charge in [0.15, 0.2) is 6.61 Å². The summed E-state index contributed by atoms with van der Waals surface area (Å²) < 4.78 is 11.2. The minimum absolute atomic E-state index is 0.202. The van der Waals surface area contributed by atoms with Crippen molar-refractivity contribution in [3.05, 3.63) is 58.1 Å². The molecule has 1 aliphatic heterocycles. The number of hydrogen-bond acceptors (Lipinski definition) is 6. The number of imide groups is 2. The summed E-state index contributed by atoms with van der Waals surface area (Å²) in [7, 11) is 1.51. The number of carbonyl (C=O) groups is 4. The highest BCUT2D eigenvalue weighted by atomic mass is 79.9. The van der Waals surface area contributed by atoms with Crippen molar-refractivity contribution < 1.29 is 28.7 Å². The van der Waals surface area contributed by atoms with E-state index in [1.54, 1.807) is 42.5 Å². The monoisotopic (exact) mass is 473 g/mol. The summed E-state index contributed by atoms with van der Waals surface area (Å²) in [6.45, 7) is -0.246.